The SMILES string of the molecule is Cc1c(-c2cc(C(N)=O)c(C)n2CCN2CCOCC2)sc2ccc(Cl)cc12. The van der Waals surface area contributed by atoms with E-state index in [2.05, 4.69) is 22.5 Å². The van der Waals surface area contributed by atoms with Crippen molar-refractivity contribution < 1.29 is 9.53 Å². The molecule has 2 aromatic heterocycles. The Hall–Kier alpha value is -1.86. The van der Waals surface area contributed by atoms with Crippen LogP contribution in [0.15, 0.2) is 24.3 Å². The lowest BCUT2D eigenvalue weighted by molar-refractivity contribution is 0.0364. The van der Waals surface area contributed by atoms with Crippen molar-refractivity contribution in [3.63, 3.8) is 0 Å². The highest BCUT2D eigenvalue weighted by Gasteiger charge is 2.21. The topological polar surface area (TPSA) is 60.5 Å². The van der Waals surface area contributed by atoms with Gasteiger partial charge in [0.2, 0.25) is 0 Å². The van der Waals surface area contributed by atoms with E-state index in [4.69, 9.17) is 22.1 Å². The number of hydrogen-bond donors (Lipinski definition) is 1. The van der Waals surface area contributed by atoms with Crippen molar-refractivity contribution in [1.82, 2.24) is 9.47 Å². The maximum Gasteiger partial charge on any atom is 0.250 e. The van der Waals surface area contributed by atoms with Crippen LogP contribution in [0.3, 0.4) is 0 Å². The van der Waals surface area contributed by atoms with Crippen LogP contribution in [0.1, 0.15) is 21.6 Å². The highest BCUT2D eigenvalue weighted by Crippen LogP contribution is 2.40. The van der Waals surface area contributed by atoms with Gasteiger partial charge < -0.3 is 15.0 Å². The zero-order valence-electron chi connectivity index (χ0n) is 16.1. The number of primary amides is 1. The van der Waals surface area contributed by atoms with E-state index in [1.54, 1.807) is 11.3 Å². The van der Waals surface area contributed by atoms with Crippen LogP contribution in [0.4, 0.5) is 0 Å². The molecule has 1 saturated heterocycles. The lowest BCUT2D eigenvalue weighted by Crippen LogP contribution is -2.38. The van der Waals surface area contributed by atoms with Gasteiger partial charge in [-0.05, 0) is 49.1 Å². The number of carbonyl (C=O) groups excluding carboxylic acids is 1. The number of aryl methyl sites for hydroxylation is 1. The van der Waals surface area contributed by atoms with E-state index < -0.39 is 0 Å². The highest BCUT2D eigenvalue weighted by molar-refractivity contribution is 7.22. The zero-order valence-corrected chi connectivity index (χ0v) is 17.7. The van der Waals surface area contributed by atoms with Crippen LogP contribution in [0.5, 0.6) is 0 Å². The monoisotopic (exact) mass is 417 g/mol. The molecule has 3 heterocycles. The number of benzene rings is 1. The molecule has 1 amide bonds. The van der Waals surface area contributed by atoms with Gasteiger partial charge in [0, 0.05) is 41.6 Å². The zero-order chi connectivity index (χ0) is 19.8. The minimum absolute atomic E-state index is 0.384. The van der Waals surface area contributed by atoms with Crippen LogP contribution < -0.4 is 5.73 Å². The summed E-state index contributed by atoms with van der Waals surface area (Å²) in [6.07, 6.45) is 0. The van der Waals surface area contributed by atoms with Crippen LogP contribution in [-0.4, -0.2) is 48.2 Å². The second-order valence-corrected chi connectivity index (χ2v) is 8.68. The number of halogens is 1. The molecule has 0 unspecified atom stereocenters. The average Bonchev–Trinajstić information content (AvgIpc) is 3.18. The van der Waals surface area contributed by atoms with Gasteiger partial charge in [0.05, 0.1) is 29.3 Å². The largest absolute Gasteiger partial charge is 0.379 e. The van der Waals surface area contributed by atoms with E-state index in [0.717, 1.165) is 66.1 Å². The third-order valence-electron chi connectivity index (χ3n) is 5.51. The standard InChI is InChI=1S/C21H24ClN3O2S/c1-13-16-11-15(22)3-4-19(16)28-20(13)18-12-17(21(23)26)14(2)25(18)6-5-24-7-9-27-10-8-24/h3-4,11-12H,5-10H2,1-2H3,(H2,23,26). The Balaban J connectivity index is 1.76. The average molecular weight is 418 g/mol. The number of nitrogens with two attached hydrogens (primary N) is 1. The molecule has 1 aliphatic heterocycles. The van der Waals surface area contributed by atoms with Gasteiger partial charge in [-0.15, -0.1) is 11.3 Å². The van der Waals surface area contributed by atoms with E-state index in [9.17, 15) is 4.79 Å². The normalized spacial score (nSPS) is 15.4. The number of aromatic nitrogens is 1. The van der Waals surface area contributed by atoms with Crippen molar-refractivity contribution in [2.75, 3.05) is 32.8 Å². The summed E-state index contributed by atoms with van der Waals surface area (Å²) in [5, 5.41) is 1.89. The maximum atomic E-state index is 12.0. The Morgan fingerprint density at radius 1 is 1.21 bits per heavy atom. The van der Waals surface area contributed by atoms with Gasteiger partial charge >= 0.3 is 0 Å². The van der Waals surface area contributed by atoms with Gasteiger partial charge in [0.1, 0.15) is 0 Å². The van der Waals surface area contributed by atoms with Crippen molar-refractivity contribution in [2.45, 2.75) is 20.4 Å². The molecule has 7 heteroatoms. The van der Waals surface area contributed by atoms with Gasteiger partial charge in [-0.1, -0.05) is 11.6 Å². The molecule has 2 N–H and O–H groups in total. The highest BCUT2D eigenvalue weighted by atomic mass is 35.5. The smallest absolute Gasteiger partial charge is 0.250 e. The first-order valence-electron chi connectivity index (χ1n) is 9.44. The molecular formula is C21H24ClN3O2S. The summed E-state index contributed by atoms with van der Waals surface area (Å²) in [6.45, 7) is 9.26. The molecule has 5 nitrogen and oxygen atoms in total. The van der Waals surface area contributed by atoms with Gasteiger partial charge in [0.25, 0.3) is 5.91 Å². The fraction of sp³-hybridized carbons (Fsp3) is 0.381. The molecular weight excluding hydrogens is 394 g/mol. The number of amides is 1. The van der Waals surface area contributed by atoms with Crippen LogP contribution in [0.2, 0.25) is 5.02 Å². The maximum absolute atomic E-state index is 12.0. The number of thiophene rings is 1. The van der Waals surface area contributed by atoms with E-state index in [-0.39, 0.29) is 5.91 Å². The first-order chi connectivity index (χ1) is 13.5. The van der Waals surface area contributed by atoms with Crippen LogP contribution in [0.25, 0.3) is 20.7 Å². The predicted octanol–water partition coefficient (Wildman–Crippen LogP) is 4.07. The van der Waals surface area contributed by atoms with Crippen LogP contribution in [-0.2, 0) is 11.3 Å². The van der Waals surface area contributed by atoms with Crippen LogP contribution in [0, 0.1) is 13.8 Å². The summed E-state index contributed by atoms with van der Waals surface area (Å²) in [5.74, 6) is -0.384. The molecule has 3 aromatic rings. The number of fused-ring (bicyclic) bond motifs is 1. The van der Waals surface area contributed by atoms with E-state index >= 15 is 0 Å². The summed E-state index contributed by atoms with van der Waals surface area (Å²) in [4.78, 5) is 15.6. The van der Waals surface area contributed by atoms with Crippen molar-refractivity contribution in [3.8, 4) is 10.6 Å². The Labute approximate surface area is 173 Å². The number of carbonyl (C=O) groups is 1. The Morgan fingerprint density at radius 2 is 1.96 bits per heavy atom. The summed E-state index contributed by atoms with van der Waals surface area (Å²) in [6, 6.07) is 7.92. The van der Waals surface area contributed by atoms with E-state index in [1.165, 1.54) is 10.3 Å². The van der Waals surface area contributed by atoms with Gasteiger partial charge in [-0.2, -0.15) is 0 Å². The molecule has 0 saturated carbocycles. The summed E-state index contributed by atoms with van der Waals surface area (Å²) < 4.78 is 8.87. The van der Waals surface area contributed by atoms with Gasteiger partial charge in [-0.25, -0.2) is 0 Å². The van der Waals surface area contributed by atoms with Crippen molar-refractivity contribution in [1.29, 1.82) is 0 Å². The predicted molar refractivity (Wildman–Crippen MR) is 116 cm³/mol. The number of nitrogens with zero attached hydrogens (tertiary/aromatic N) is 2. The van der Waals surface area contributed by atoms with Crippen LogP contribution >= 0.6 is 22.9 Å². The molecule has 1 aromatic carbocycles. The Kier molecular flexibility index (Phi) is 5.47. The molecule has 0 bridgehead atoms. The van der Waals surface area contributed by atoms with Gasteiger partial charge in [0.15, 0.2) is 0 Å². The van der Waals surface area contributed by atoms with E-state index in [1.807, 2.05) is 25.1 Å². The Morgan fingerprint density at radius 3 is 2.68 bits per heavy atom. The molecule has 1 fully saturated rings. The number of hydrogen-bond acceptors (Lipinski definition) is 4. The molecule has 1 aliphatic rings. The molecule has 0 aliphatic carbocycles. The van der Waals surface area contributed by atoms with Crippen molar-refractivity contribution in [2.24, 2.45) is 5.73 Å². The number of rotatable bonds is 5. The number of morpholine rings is 1. The molecule has 148 valence electrons. The number of ether oxygens (including phenoxy) is 1. The lowest BCUT2D eigenvalue weighted by atomic mass is 10.1. The fourth-order valence-electron chi connectivity index (χ4n) is 3.87. The third-order valence-corrected chi connectivity index (χ3v) is 7.04. The fourth-order valence-corrected chi connectivity index (χ4v) is 5.26. The molecule has 0 atom stereocenters. The minimum atomic E-state index is -0.384. The lowest BCUT2D eigenvalue weighted by Gasteiger charge is -2.27. The first kappa shape index (κ1) is 19.5. The summed E-state index contributed by atoms with van der Waals surface area (Å²) in [5.41, 5.74) is 9.40. The van der Waals surface area contributed by atoms with Gasteiger partial charge in [-0.3, -0.25) is 9.69 Å². The Bertz CT molecular complexity index is 1030. The first-order valence-corrected chi connectivity index (χ1v) is 10.6. The third kappa shape index (κ3) is 3.57. The second-order valence-electron chi connectivity index (χ2n) is 7.20. The van der Waals surface area contributed by atoms with Crippen molar-refractivity contribution in [3.05, 3.63) is 46.1 Å². The molecule has 0 radical (unpaired) electrons. The van der Waals surface area contributed by atoms with E-state index in [0.29, 0.717) is 5.56 Å². The van der Waals surface area contributed by atoms with Crippen molar-refractivity contribution >= 4 is 38.9 Å². The molecule has 0 spiro atoms. The minimum Gasteiger partial charge on any atom is -0.379 e. The quantitative estimate of drug-likeness (QED) is 0.680. The molecule has 28 heavy (non-hydrogen) atoms. The molecule has 4 rings (SSSR count). The summed E-state index contributed by atoms with van der Waals surface area (Å²) in [7, 11) is 0. The second kappa shape index (κ2) is 7.87. The summed E-state index contributed by atoms with van der Waals surface area (Å²) >= 11 is 7.94.